The Morgan fingerprint density at radius 3 is 2.83 bits per heavy atom. The highest BCUT2D eigenvalue weighted by molar-refractivity contribution is 14.0. The zero-order valence-corrected chi connectivity index (χ0v) is 20.9. The van der Waals surface area contributed by atoms with Gasteiger partial charge in [-0.2, -0.15) is 0 Å². The zero-order valence-electron chi connectivity index (χ0n) is 18.6. The first-order valence-corrected chi connectivity index (χ1v) is 10.9. The van der Waals surface area contributed by atoms with Gasteiger partial charge in [0, 0.05) is 71.3 Å². The van der Waals surface area contributed by atoms with E-state index in [0.29, 0.717) is 6.04 Å². The van der Waals surface area contributed by atoms with Crippen LogP contribution in [0.2, 0.25) is 0 Å². The van der Waals surface area contributed by atoms with Crippen LogP contribution in [0.3, 0.4) is 0 Å². The number of methoxy groups -OCH3 is 1. The molecule has 1 aliphatic heterocycles. The number of pyridine rings is 1. The van der Waals surface area contributed by atoms with Crippen molar-refractivity contribution in [3.05, 3.63) is 35.8 Å². The number of hydrogen-bond acceptors (Lipinski definition) is 4. The van der Waals surface area contributed by atoms with E-state index in [0.717, 1.165) is 82.3 Å². The number of imidazole rings is 1. The third-order valence-corrected chi connectivity index (χ3v) is 5.46. The summed E-state index contributed by atoms with van der Waals surface area (Å²) in [4.78, 5) is 12.1. The Kier molecular flexibility index (Phi) is 10.9. The molecule has 0 saturated carbocycles. The standard InChI is InChI=1S/C22H36N6O.HI/c1-4-23-22(26-19-9-14-27(15-10-19)12-6-16-29-3)24-11-8-20-17-28-13-5-7-18(2)21(28)25-20;/h5,7,13,17,19H,4,6,8-12,14-16H2,1-3H3,(H2,23,24,26);1H. The van der Waals surface area contributed by atoms with E-state index in [1.807, 2.05) is 0 Å². The number of nitrogens with zero attached hydrogens (tertiary/aromatic N) is 4. The van der Waals surface area contributed by atoms with E-state index < -0.39 is 0 Å². The molecule has 3 rings (SSSR count). The second-order valence-corrected chi connectivity index (χ2v) is 7.77. The number of aryl methyl sites for hydroxylation is 1. The number of rotatable bonds is 9. The van der Waals surface area contributed by atoms with Crippen LogP contribution in [0, 0.1) is 6.92 Å². The van der Waals surface area contributed by atoms with Crippen LogP contribution in [0.1, 0.15) is 37.4 Å². The molecule has 8 heteroatoms. The average Bonchev–Trinajstić information content (AvgIpc) is 3.14. The molecule has 0 aliphatic carbocycles. The van der Waals surface area contributed by atoms with Crippen molar-refractivity contribution < 1.29 is 4.74 Å². The van der Waals surface area contributed by atoms with E-state index in [1.54, 1.807) is 7.11 Å². The Labute approximate surface area is 197 Å². The molecule has 0 bridgehead atoms. The van der Waals surface area contributed by atoms with Crippen LogP contribution in [-0.2, 0) is 11.2 Å². The van der Waals surface area contributed by atoms with Crippen molar-refractivity contribution in [2.75, 3.05) is 46.4 Å². The normalized spacial score (nSPS) is 15.9. The number of nitrogens with one attached hydrogen (secondary N) is 2. The number of ether oxygens (including phenoxy) is 1. The number of hydrogen-bond donors (Lipinski definition) is 2. The van der Waals surface area contributed by atoms with Crippen LogP contribution in [-0.4, -0.2) is 72.7 Å². The quantitative estimate of drug-likeness (QED) is 0.227. The lowest BCUT2D eigenvalue weighted by molar-refractivity contribution is 0.155. The van der Waals surface area contributed by atoms with Gasteiger partial charge in [0.1, 0.15) is 5.65 Å². The van der Waals surface area contributed by atoms with E-state index in [9.17, 15) is 0 Å². The van der Waals surface area contributed by atoms with Crippen LogP contribution in [0.5, 0.6) is 0 Å². The number of guanidine groups is 1. The highest BCUT2D eigenvalue weighted by Crippen LogP contribution is 2.12. The third-order valence-electron chi connectivity index (χ3n) is 5.46. The molecule has 2 aromatic rings. The molecule has 0 amide bonds. The molecule has 30 heavy (non-hydrogen) atoms. The molecule has 1 aliphatic rings. The van der Waals surface area contributed by atoms with Crippen molar-refractivity contribution in [3.63, 3.8) is 0 Å². The predicted octanol–water partition coefficient (Wildman–Crippen LogP) is 2.86. The Bertz CT molecular complexity index is 785. The van der Waals surface area contributed by atoms with Gasteiger partial charge in [-0.25, -0.2) is 4.98 Å². The van der Waals surface area contributed by atoms with E-state index in [-0.39, 0.29) is 24.0 Å². The van der Waals surface area contributed by atoms with E-state index in [2.05, 4.69) is 58.3 Å². The van der Waals surface area contributed by atoms with Crippen molar-refractivity contribution in [1.29, 1.82) is 0 Å². The van der Waals surface area contributed by atoms with E-state index >= 15 is 0 Å². The highest BCUT2D eigenvalue weighted by atomic mass is 127. The molecule has 168 valence electrons. The molecule has 7 nitrogen and oxygen atoms in total. The van der Waals surface area contributed by atoms with Gasteiger partial charge < -0.3 is 24.7 Å². The molecule has 1 fully saturated rings. The van der Waals surface area contributed by atoms with Crippen molar-refractivity contribution in [2.45, 2.75) is 45.6 Å². The SMILES string of the molecule is CCNC(=NCCc1cn2cccc(C)c2n1)NC1CCN(CCCOC)CC1.I. The lowest BCUT2D eigenvalue weighted by Crippen LogP contribution is -2.49. The number of aromatic nitrogens is 2. The fourth-order valence-electron chi connectivity index (χ4n) is 3.85. The number of piperidine rings is 1. The molecule has 0 radical (unpaired) electrons. The van der Waals surface area contributed by atoms with Gasteiger partial charge in [-0.3, -0.25) is 4.99 Å². The summed E-state index contributed by atoms with van der Waals surface area (Å²) in [5, 5.41) is 7.02. The average molecular weight is 528 g/mol. The molecule has 0 unspecified atom stereocenters. The molecule has 0 atom stereocenters. The summed E-state index contributed by atoms with van der Waals surface area (Å²) in [6, 6.07) is 4.65. The summed E-state index contributed by atoms with van der Waals surface area (Å²) in [5.74, 6) is 0.922. The molecule has 0 spiro atoms. The first-order valence-electron chi connectivity index (χ1n) is 10.9. The summed E-state index contributed by atoms with van der Waals surface area (Å²) < 4.78 is 7.25. The topological polar surface area (TPSA) is 66.2 Å². The number of aliphatic imine (C=N–C) groups is 1. The molecule has 1 saturated heterocycles. The fraction of sp³-hybridized carbons (Fsp3) is 0.636. The molecule has 3 heterocycles. The highest BCUT2D eigenvalue weighted by Gasteiger charge is 2.19. The van der Waals surface area contributed by atoms with Crippen LogP contribution in [0.25, 0.3) is 5.65 Å². The van der Waals surface area contributed by atoms with Crippen molar-refractivity contribution in [1.82, 2.24) is 24.9 Å². The maximum absolute atomic E-state index is 5.16. The van der Waals surface area contributed by atoms with Gasteiger partial charge in [0.15, 0.2) is 5.96 Å². The Morgan fingerprint density at radius 2 is 2.13 bits per heavy atom. The molecule has 2 N–H and O–H groups in total. The van der Waals surface area contributed by atoms with Gasteiger partial charge in [-0.15, -0.1) is 24.0 Å². The minimum Gasteiger partial charge on any atom is -0.385 e. The zero-order chi connectivity index (χ0) is 20.5. The number of likely N-dealkylation sites (tertiary alicyclic amines) is 1. The molecule has 0 aromatic carbocycles. The minimum absolute atomic E-state index is 0. The third kappa shape index (κ3) is 7.39. The molecular formula is C22H37IN6O. The van der Waals surface area contributed by atoms with Crippen LogP contribution in [0.15, 0.2) is 29.5 Å². The first kappa shape index (κ1) is 24.9. The largest absolute Gasteiger partial charge is 0.385 e. The molecule has 2 aromatic heterocycles. The van der Waals surface area contributed by atoms with Gasteiger partial charge in [0.2, 0.25) is 0 Å². The summed E-state index contributed by atoms with van der Waals surface area (Å²) in [5.41, 5.74) is 3.32. The van der Waals surface area contributed by atoms with E-state index in [1.165, 1.54) is 5.56 Å². The molecular weight excluding hydrogens is 491 g/mol. The van der Waals surface area contributed by atoms with Gasteiger partial charge >= 0.3 is 0 Å². The minimum atomic E-state index is 0. The number of fused-ring (bicyclic) bond motifs is 1. The lowest BCUT2D eigenvalue weighted by atomic mass is 10.1. The smallest absolute Gasteiger partial charge is 0.191 e. The monoisotopic (exact) mass is 528 g/mol. The Morgan fingerprint density at radius 1 is 1.33 bits per heavy atom. The number of halogens is 1. The van der Waals surface area contributed by atoms with Crippen molar-refractivity contribution >= 4 is 35.6 Å². The van der Waals surface area contributed by atoms with Crippen molar-refractivity contribution in [3.8, 4) is 0 Å². The summed E-state index contributed by atoms with van der Waals surface area (Å²) in [6.07, 6.45) is 8.43. The van der Waals surface area contributed by atoms with Crippen LogP contribution >= 0.6 is 24.0 Å². The Balaban J connectivity index is 0.00000320. The summed E-state index contributed by atoms with van der Waals surface area (Å²) >= 11 is 0. The predicted molar refractivity (Wildman–Crippen MR) is 134 cm³/mol. The maximum Gasteiger partial charge on any atom is 0.191 e. The fourth-order valence-corrected chi connectivity index (χ4v) is 3.85. The Hall–Kier alpha value is -1.39. The van der Waals surface area contributed by atoms with Crippen LogP contribution in [0.4, 0.5) is 0 Å². The second-order valence-electron chi connectivity index (χ2n) is 7.77. The lowest BCUT2D eigenvalue weighted by Gasteiger charge is -2.33. The maximum atomic E-state index is 5.16. The van der Waals surface area contributed by atoms with E-state index in [4.69, 9.17) is 14.7 Å². The second kappa shape index (κ2) is 13.1. The van der Waals surface area contributed by atoms with Gasteiger partial charge in [-0.05, 0) is 44.7 Å². The van der Waals surface area contributed by atoms with Crippen molar-refractivity contribution in [2.24, 2.45) is 4.99 Å². The van der Waals surface area contributed by atoms with Crippen LogP contribution < -0.4 is 10.6 Å². The van der Waals surface area contributed by atoms with Gasteiger partial charge in [-0.1, -0.05) is 6.07 Å². The van der Waals surface area contributed by atoms with Gasteiger partial charge in [0.25, 0.3) is 0 Å². The summed E-state index contributed by atoms with van der Waals surface area (Å²) in [7, 11) is 1.77. The first-order chi connectivity index (χ1) is 14.2. The van der Waals surface area contributed by atoms with Gasteiger partial charge in [0.05, 0.1) is 5.69 Å². The summed E-state index contributed by atoms with van der Waals surface area (Å²) in [6.45, 7) is 10.1.